The maximum absolute atomic E-state index is 10.3. The molecule has 1 aliphatic carbocycles. The molecule has 0 spiro atoms. The highest BCUT2D eigenvalue weighted by Gasteiger charge is 2.30. The normalized spacial score (nSPS) is 20.3. The second kappa shape index (κ2) is 5.88. The summed E-state index contributed by atoms with van der Waals surface area (Å²) in [7, 11) is 1.69. The second-order valence-electron chi connectivity index (χ2n) is 5.64. The van der Waals surface area contributed by atoms with Gasteiger partial charge in [-0.1, -0.05) is 42.0 Å². The van der Waals surface area contributed by atoms with E-state index in [-0.39, 0.29) is 12.1 Å². The Kier molecular flexibility index (Phi) is 3.95. The predicted octanol–water partition coefficient (Wildman–Crippen LogP) is 2.75. The molecule has 0 aliphatic heterocycles. The summed E-state index contributed by atoms with van der Waals surface area (Å²) in [4.78, 5) is 0. The molecule has 0 radical (unpaired) electrons. The maximum Gasteiger partial charge on any atom is 0.123 e. The van der Waals surface area contributed by atoms with Gasteiger partial charge in [-0.3, -0.25) is 0 Å². The van der Waals surface area contributed by atoms with Gasteiger partial charge in [0, 0.05) is 18.5 Å². The Morgan fingerprint density at radius 3 is 2.86 bits per heavy atom. The van der Waals surface area contributed by atoms with Gasteiger partial charge in [0.2, 0.25) is 0 Å². The van der Waals surface area contributed by atoms with Crippen LogP contribution in [0.4, 0.5) is 0 Å². The molecule has 0 bridgehead atoms. The van der Waals surface area contributed by atoms with Crippen molar-refractivity contribution >= 4 is 0 Å². The van der Waals surface area contributed by atoms with E-state index in [1.165, 1.54) is 16.7 Å². The van der Waals surface area contributed by atoms with Gasteiger partial charge in [0.15, 0.2) is 0 Å². The first kappa shape index (κ1) is 14.1. The summed E-state index contributed by atoms with van der Waals surface area (Å²) in [5, 5.41) is 13.8. The van der Waals surface area contributed by atoms with E-state index in [0.717, 1.165) is 17.7 Å². The minimum atomic E-state index is -0.363. The molecule has 3 rings (SSSR count). The fraction of sp³-hybridized carbons (Fsp3) is 0.333. The van der Waals surface area contributed by atoms with Gasteiger partial charge in [0.1, 0.15) is 5.75 Å². The molecule has 0 heterocycles. The van der Waals surface area contributed by atoms with Gasteiger partial charge in [-0.25, -0.2) is 0 Å². The Morgan fingerprint density at radius 1 is 1.24 bits per heavy atom. The van der Waals surface area contributed by atoms with Crippen molar-refractivity contribution in [3.63, 3.8) is 0 Å². The van der Waals surface area contributed by atoms with Crippen molar-refractivity contribution in [2.24, 2.45) is 0 Å². The van der Waals surface area contributed by atoms with Crippen LogP contribution in [0.25, 0.3) is 0 Å². The highest BCUT2D eigenvalue weighted by Crippen LogP contribution is 2.32. The summed E-state index contributed by atoms with van der Waals surface area (Å²) in [6.45, 7) is 2.75. The summed E-state index contributed by atoms with van der Waals surface area (Å²) < 4.78 is 5.41. The SMILES string of the molecule is COc1ccc(C)cc1CN[C@H]1c2ccccc2C[C@H]1O. The molecule has 110 valence electrons. The van der Waals surface area contributed by atoms with Crippen LogP contribution in [-0.2, 0) is 13.0 Å². The number of hydrogen-bond donors (Lipinski definition) is 2. The van der Waals surface area contributed by atoms with Crippen LogP contribution in [0.15, 0.2) is 42.5 Å². The number of aryl methyl sites for hydroxylation is 1. The van der Waals surface area contributed by atoms with Crippen LogP contribution in [0.2, 0.25) is 0 Å². The standard InChI is InChI=1S/C18H21NO2/c1-12-7-8-17(21-2)14(9-12)11-19-18-15-6-4-3-5-13(15)10-16(18)20/h3-9,16,18-20H,10-11H2,1-2H3/t16-,18+/m1/s1. The minimum Gasteiger partial charge on any atom is -0.496 e. The Labute approximate surface area is 125 Å². The molecule has 0 unspecified atom stereocenters. The lowest BCUT2D eigenvalue weighted by molar-refractivity contribution is 0.140. The van der Waals surface area contributed by atoms with Crippen molar-refractivity contribution in [3.8, 4) is 5.75 Å². The van der Waals surface area contributed by atoms with E-state index in [4.69, 9.17) is 4.74 Å². The fourth-order valence-electron chi connectivity index (χ4n) is 3.09. The number of hydrogen-bond acceptors (Lipinski definition) is 3. The third-order valence-electron chi connectivity index (χ3n) is 4.15. The Bertz CT molecular complexity index is 639. The molecule has 0 fully saturated rings. The quantitative estimate of drug-likeness (QED) is 0.906. The summed E-state index contributed by atoms with van der Waals surface area (Å²) in [6.07, 6.45) is 0.358. The lowest BCUT2D eigenvalue weighted by Crippen LogP contribution is -2.28. The van der Waals surface area contributed by atoms with Gasteiger partial charge in [-0.2, -0.15) is 0 Å². The van der Waals surface area contributed by atoms with E-state index >= 15 is 0 Å². The van der Waals surface area contributed by atoms with E-state index in [0.29, 0.717) is 6.54 Å². The molecular weight excluding hydrogens is 262 g/mol. The van der Waals surface area contributed by atoms with Gasteiger partial charge in [0.05, 0.1) is 19.3 Å². The largest absolute Gasteiger partial charge is 0.496 e. The van der Waals surface area contributed by atoms with Crippen LogP contribution in [0.3, 0.4) is 0 Å². The fourth-order valence-corrected chi connectivity index (χ4v) is 3.09. The third-order valence-corrected chi connectivity index (χ3v) is 4.15. The summed E-state index contributed by atoms with van der Waals surface area (Å²) in [5.41, 5.74) is 4.77. The molecule has 2 N–H and O–H groups in total. The Morgan fingerprint density at radius 2 is 2.05 bits per heavy atom. The zero-order chi connectivity index (χ0) is 14.8. The van der Waals surface area contributed by atoms with Gasteiger partial charge in [-0.15, -0.1) is 0 Å². The predicted molar refractivity (Wildman–Crippen MR) is 83.5 cm³/mol. The average molecular weight is 283 g/mol. The van der Waals surface area contributed by atoms with Crippen molar-refractivity contribution in [3.05, 3.63) is 64.7 Å². The number of nitrogens with one attached hydrogen (secondary N) is 1. The molecule has 0 aromatic heterocycles. The van der Waals surface area contributed by atoms with Crippen LogP contribution < -0.4 is 10.1 Å². The molecule has 0 saturated carbocycles. The van der Waals surface area contributed by atoms with E-state index in [9.17, 15) is 5.11 Å². The first-order valence-electron chi connectivity index (χ1n) is 7.32. The molecule has 2 aromatic rings. The smallest absolute Gasteiger partial charge is 0.123 e. The van der Waals surface area contributed by atoms with Crippen molar-refractivity contribution in [1.82, 2.24) is 5.32 Å². The monoisotopic (exact) mass is 283 g/mol. The zero-order valence-corrected chi connectivity index (χ0v) is 12.5. The summed E-state index contributed by atoms with van der Waals surface area (Å²) in [6, 6.07) is 14.4. The number of aliphatic hydroxyl groups is 1. The highest BCUT2D eigenvalue weighted by atomic mass is 16.5. The molecule has 3 nitrogen and oxygen atoms in total. The van der Waals surface area contributed by atoms with Crippen LogP contribution in [0.5, 0.6) is 5.75 Å². The van der Waals surface area contributed by atoms with Gasteiger partial charge in [-0.05, 0) is 24.1 Å². The average Bonchev–Trinajstić information content (AvgIpc) is 2.81. The third kappa shape index (κ3) is 2.80. The summed E-state index contributed by atoms with van der Waals surface area (Å²) in [5.74, 6) is 0.883. The van der Waals surface area contributed by atoms with Crippen LogP contribution in [-0.4, -0.2) is 18.3 Å². The van der Waals surface area contributed by atoms with E-state index in [2.05, 4.69) is 30.4 Å². The zero-order valence-electron chi connectivity index (χ0n) is 12.5. The van der Waals surface area contributed by atoms with Crippen molar-refractivity contribution in [2.45, 2.75) is 32.0 Å². The second-order valence-corrected chi connectivity index (χ2v) is 5.64. The number of benzene rings is 2. The van der Waals surface area contributed by atoms with Gasteiger partial charge < -0.3 is 15.2 Å². The molecule has 21 heavy (non-hydrogen) atoms. The number of fused-ring (bicyclic) bond motifs is 1. The first-order chi connectivity index (χ1) is 10.2. The van der Waals surface area contributed by atoms with E-state index in [1.54, 1.807) is 7.11 Å². The highest BCUT2D eigenvalue weighted by molar-refractivity contribution is 5.39. The molecular formula is C18H21NO2. The molecule has 1 aliphatic rings. The van der Waals surface area contributed by atoms with Gasteiger partial charge >= 0.3 is 0 Å². The number of ether oxygens (including phenoxy) is 1. The topological polar surface area (TPSA) is 41.5 Å². The van der Waals surface area contributed by atoms with Crippen LogP contribution >= 0.6 is 0 Å². The molecule has 2 aromatic carbocycles. The lowest BCUT2D eigenvalue weighted by Gasteiger charge is -2.19. The van der Waals surface area contributed by atoms with Crippen LogP contribution in [0, 0.1) is 6.92 Å². The van der Waals surface area contributed by atoms with Crippen molar-refractivity contribution in [1.29, 1.82) is 0 Å². The molecule has 2 atom stereocenters. The molecule has 3 heteroatoms. The Hall–Kier alpha value is -1.84. The van der Waals surface area contributed by atoms with Crippen LogP contribution in [0.1, 0.15) is 28.3 Å². The molecule has 0 saturated heterocycles. The van der Waals surface area contributed by atoms with E-state index < -0.39 is 0 Å². The minimum absolute atomic E-state index is 0.00795. The molecule has 0 amide bonds. The number of rotatable bonds is 4. The lowest BCUT2D eigenvalue weighted by atomic mass is 10.1. The van der Waals surface area contributed by atoms with Crippen molar-refractivity contribution < 1.29 is 9.84 Å². The Balaban J connectivity index is 1.78. The number of aliphatic hydroxyl groups excluding tert-OH is 1. The number of methoxy groups -OCH3 is 1. The van der Waals surface area contributed by atoms with Crippen molar-refractivity contribution in [2.75, 3.05) is 7.11 Å². The summed E-state index contributed by atoms with van der Waals surface area (Å²) >= 11 is 0. The maximum atomic E-state index is 10.3. The first-order valence-corrected chi connectivity index (χ1v) is 7.32. The van der Waals surface area contributed by atoms with Gasteiger partial charge in [0.25, 0.3) is 0 Å². The van der Waals surface area contributed by atoms with E-state index in [1.807, 2.05) is 24.3 Å².